The molecule has 1 aromatic rings. The van der Waals surface area contributed by atoms with E-state index in [-0.39, 0.29) is 17.9 Å². The molecule has 0 aromatic heterocycles. The third-order valence-corrected chi connectivity index (χ3v) is 4.44. The van der Waals surface area contributed by atoms with Gasteiger partial charge in [-0.3, -0.25) is 4.79 Å². The zero-order valence-corrected chi connectivity index (χ0v) is 13.1. The van der Waals surface area contributed by atoms with Crippen molar-refractivity contribution in [3.8, 4) is 5.75 Å². The Kier molecular flexibility index (Phi) is 4.52. The minimum atomic E-state index is -1.06. The zero-order valence-electron chi connectivity index (χ0n) is 13.1. The molecule has 2 aliphatic rings. The van der Waals surface area contributed by atoms with Gasteiger partial charge in [0, 0.05) is 18.9 Å². The molecule has 2 N–H and O–H groups in total. The molecule has 0 unspecified atom stereocenters. The first-order chi connectivity index (χ1) is 11.0. The van der Waals surface area contributed by atoms with Crippen LogP contribution in [0.3, 0.4) is 0 Å². The van der Waals surface area contributed by atoms with Gasteiger partial charge in [-0.05, 0) is 43.0 Å². The molecule has 23 heavy (non-hydrogen) atoms. The predicted molar refractivity (Wildman–Crippen MR) is 82.3 cm³/mol. The van der Waals surface area contributed by atoms with Crippen molar-refractivity contribution in [2.45, 2.75) is 38.3 Å². The molecule has 0 bridgehead atoms. The molecule has 2 aliphatic heterocycles. The van der Waals surface area contributed by atoms with E-state index in [1.165, 1.54) is 0 Å². The predicted octanol–water partition coefficient (Wildman–Crippen LogP) is 1.68. The van der Waals surface area contributed by atoms with Crippen molar-refractivity contribution >= 4 is 11.9 Å². The van der Waals surface area contributed by atoms with Crippen LogP contribution in [0.5, 0.6) is 5.75 Å². The monoisotopic (exact) mass is 319 g/mol. The summed E-state index contributed by atoms with van der Waals surface area (Å²) in [5.41, 5.74) is 1.57. The normalized spacial score (nSPS) is 24.4. The Morgan fingerprint density at radius 3 is 2.91 bits per heavy atom. The zero-order chi connectivity index (χ0) is 16.4. The molecule has 1 saturated heterocycles. The van der Waals surface area contributed by atoms with Crippen LogP contribution in [0.1, 0.15) is 36.9 Å². The molecule has 1 fully saturated rings. The number of rotatable bonds is 4. The SMILES string of the molecule is C[C@@H]1C[C@@H](C(=O)N[C@H](C(=O)O)c2ccc3c(c2)CCO3)CCO1. The molecule has 0 radical (unpaired) electrons. The third-order valence-electron chi connectivity index (χ3n) is 4.44. The summed E-state index contributed by atoms with van der Waals surface area (Å²) in [6.45, 7) is 3.07. The summed E-state index contributed by atoms with van der Waals surface area (Å²) >= 11 is 0. The van der Waals surface area contributed by atoms with Gasteiger partial charge in [0.25, 0.3) is 0 Å². The summed E-state index contributed by atoms with van der Waals surface area (Å²) in [6, 6.07) is 4.26. The van der Waals surface area contributed by atoms with Gasteiger partial charge in [-0.25, -0.2) is 4.79 Å². The van der Waals surface area contributed by atoms with Crippen LogP contribution in [0.25, 0.3) is 0 Å². The first-order valence-electron chi connectivity index (χ1n) is 7.95. The van der Waals surface area contributed by atoms with Crippen LogP contribution in [-0.2, 0) is 20.7 Å². The highest BCUT2D eigenvalue weighted by atomic mass is 16.5. The first-order valence-corrected chi connectivity index (χ1v) is 7.95. The number of carboxylic acid groups (broad SMARTS) is 1. The van der Waals surface area contributed by atoms with Crippen LogP contribution in [0.4, 0.5) is 0 Å². The maximum atomic E-state index is 12.4. The maximum Gasteiger partial charge on any atom is 0.330 e. The average molecular weight is 319 g/mol. The number of hydrogen-bond donors (Lipinski definition) is 2. The van der Waals surface area contributed by atoms with E-state index in [4.69, 9.17) is 9.47 Å². The fourth-order valence-corrected chi connectivity index (χ4v) is 3.17. The Labute approximate surface area is 134 Å². The van der Waals surface area contributed by atoms with Gasteiger partial charge in [0.1, 0.15) is 5.75 Å². The molecule has 6 nitrogen and oxygen atoms in total. The molecule has 0 saturated carbocycles. The van der Waals surface area contributed by atoms with Crippen molar-refractivity contribution in [3.63, 3.8) is 0 Å². The Bertz CT molecular complexity index is 615. The lowest BCUT2D eigenvalue weighted by Crippen LogP contribution is -2.40. The minimum Gasteiger partial charge on any atom is -0.493 e. The summed E-state index contributed by atoms with van der Waals surface area (Å²) < 4.78 is 10.9. The highest BCUT2D eigenvalue weighted by Crippen LogP contribution is 2.29. The van der Waals surface area contributed by atoms with Gasteiger partial charge in [-0.15, -0.1) is 0 Å². The molecule has 0 aliphatic carbocycles. The summed E-state index contributed by atoms with van der Waals surface area (Å²) in [7, 11) is 0. The third kappa shape index (κ3) is 3.47. The minimum absolute atomic E-state index is 0.0277. The standard InChI is InChI=1S/C17H21NO5/c1-10-8-13(5-6-22-10)16(19)18-15(17(20)21)12-2-3-14-11(9-12)4-7-23-14/h2-3,9-10,13,15H,4-8H2,1H3,(H,18,19)(H,20,21)/t10-,13+,15+/m1/s1. The lowest BCUT2D eigenvalue weighted by atomic mass is 9.94. The lowest BCUT2D eigenvalue weighted by Gasteiger charge is -2.27. The second kappa shape index (κ2) is 6.58. The highest BCUT2D eigenvalue weighted by molar-refractivity contribution is 5.86. The molecular weight excluding hydrogens is 298 g/mol. The number of nitrogens with one attached hydrogen (secondary N) is 1. The van der Waals surface area contributed by atoms with Crippen molar-refractivity contribution in [1.82, 2.24) is 5.32 Å². The molecule has 3 rings (SSSR count). The van der Waals surface area contributed by atoms with Crippen molar-refractivity contribution in [2.75, 3.05) is 13.2 Å². The Balaban J connectivity index is 1.74. The number of carboxylic acids is 1. The molecule has 124 valence electrons. The average Bonchev–Trinajstić information content (AvgIpc) is 2.99. The van der Waals surface area contributed by atoms with Crippen LogP contribution in [-0.4, -0.2) is 36.3 Å². The number of aliphatic carboxylic acids is 1. The van der Waals surface area contributed by atoms with E-state index >= 15 is 0 Å². The molecule has 1 aromatic carbocycles. The Morgan fingerprint density at radius 2 is 2.17 bits per heavy atom. The van der Waals surface area contributed by atoms with Crippen molar-refractivity contribution in [2.24, 2.45) is 5.92 Å². The maximum absolute atomic E-state index is 12.4. The Morgan fingerprint density at radius 1 is 1.35 bits per heavy atom. The second-order valence-corrected chi connectivity index (χ2v) is 6.15. The number of amides is 1. The highest BCUT2D eigenvalue weighted by Gasteiger charge is 2.30. The van der Waals surface area contributed by atoms with Crippen LogP contribution in [0, 0.1) is 5.92 Å². The van der Waals surface area contributed by atoms with Crippen LogP contribution in [0.15, 0.2) is 18.2 Å². The van der Waals surface area contributed by atoms with Gasteiger partial charge in [-0.1, -0.05) is 6.07 Å². The van der Waals surface area contributed by atoms with Crippen molar-refractivity contribution < 1.29 is 24.2 Å². The first kappa shape index (κ1) is 15.8. The van der Waals surface area contributed by atoms with Crippen molar-refractivity contribution in [1.29, 1.82) is 0 Å². The largest absolute Gasteiger partial charge is 0.493 e. The van der Waals surface area contributed by atoms with E-state index in [0.29, 0.717) is 31.6 Å². The molecule has 3 atom stereocenters. The van der Waals surface area contributed by atoms with Crippen LogP contribution in [0.2, 0.25) is 0 Å². The van der Waals surface area contributed by atoms with Crippen LogP contribution >= 0.6 is 0 Å². The van der Waals surface area contributed by atoms with Crippen molar-refractivity contribution in [3.05, 3.63) is 29.3 Å². The molecular formula is C17H21NO5. The summed E-state index contributed by atoms with van der Waals surface area (Å²) in [6.07, 6.45) is 2.04. The smallest absolute Gasteiger partial charge is 0.330 e. The van der Waals surface area contributed by atoms with Gasteiger partial charge in [0.05, 0.1) is 12.7 Å². The number of ether oxygens (including phenoxy) is 2. The molecule has 0 spiro atoms. The number of benzene rings is 1. The van der Waals surface area contributed by atoms with Gasteiger partial charge in [-0.2, -0.15) is 0 Å². The summed E-state index contributed by atoms with van der Waals surface area (Å²) in [5.74, 6) is -0.678. The number of hydrogen-bond acceptors (Lipinski definition) is 4. The Hall–Kier alpha value is -2.08. The van der Waals surface area contributed by atoms with Gasteiger partial charge < -0.3 is 19.9 Å². The van der Waals surface area contributed by atoms with Gasteiger partial charge in [0.15, 0.2) is 6.04 Å². The fraction of sp³-hybridized carbons (Fsp3) is 0.529. The van der Waals surface area contributed by atoms with E-state index in [0.717, 1.165) is 17.7 Å². The topological polar surface area (TPSA) is 84.9 Å². The van der Waals surface area contributed by atoms with E-state index in [1.807, 2.05) is 13.0 Å². The summed E-state index contributed by atoms with van der Waals surface area (Å²) in [5, 5.41) is 12.2. The van der Waals surface area contributed by atoms with E-state index in [1.54, 1.807) is 12.1 Å². The number of carbonyl (C=O) groups is 2. The quantitative estimate of drug-likeness (QED) is 0.882. The van der Waals surface area contributed by atoms with Crippen LogP contribution < -0.4 is 10.1 Å². The van der Waals surface area contributed by atoms with E-state index < -0.39 is 12.0 Å². The summed E-state index contributed by atoms with van der Waals surface area (Å²) in [4.78, 5) is 24.0. The second-order valence-electron chi connectivity index (χ2n) is 6.15. The van der Waals surface area contributed by atoms with Gasteiger partial charge >= 0.3 is 5.97 Å². The fourth-order valence-electron chi connectivity index (χ4n) is 3.17. The van der Waals surface area contributed by atoms with E-state index in [2.05, 4.69) is 5.32 Å². The molecule has 1 amide bonds. The molecule has 6 heteroatoms. The lowest BCUT2D eigenvalue weighted by molar-refractivity contribution is -0.143. The van der Waals surface area contributed by atoms with Gasteiger partial charge in [0.2, 0.25) is 5.91 Å². The van der Waals surface area contributed by atoms with E-state index in [9.17, 15) is 14.7 Å². The molecule has 2 heterocycles. The number of fused-ring (bicyclic) bond motifs is 1. The number of carbonyl (C=O) groups excluding carboxylic acids is 1.